The molecule has 1 aromatic carbocycles. The number of rotatable bonds is 7. The lowest BCUT2D eigenvalue weighted by Gasteiger charge is -2.22. The van der Waals surface area contributed by atoms with Gasteiger partial charge in [-0.05, 0) is 50.9 Å². The van der Waals surface area contributed by atoms with Crippen LogP contribution in [0.15, 0.2) is 18.2 Å². The van der Waals surface area contributed by atoms with Crippen molar-refractivity contribution in [2.24, 2.45) is 0 Å². The largest absolute Gasteiger partial charge is 0.508 e. The van der Waals surface area contributed by atoms with E-state index in [1.807, 2.05) is 6.07 Å². The minimum absolute atomic E-state index is 0.0489. The van der Waals surface area contributed by atoms with E-state index in [-0.39, 0.29) is 5.78 Å². The van der Waals surface area contributed by atoms with E-state index in [2.05, 4.69) is 11.8 Å². The Kier molecular flexibility index (Phi) is 4.59. The third kappa shape index (κ3) is 3.80. The standard InChI is InChI=1S/C16H23NO2/c1-3-4-9-17(15-6-7-15)11-14-10-13(12(2)18)5-8-16(14)19/h5,8,10,15,19H,3-4,6-7,9,11H2,1-2H3. The number of unbranched alkanes of at least 4 members (excludes halogenated alkanes) is 1. The van der Waals surface area contributed by atoms with E-state index in [4.69, 9.17) is 0 Å². The summed E-state index contributed by atoms with van der Waals surface area (Å²) in [5.74, 6) is 0.347. The molecule has 1 saturated carbocycles. The van der Waals surface area contributed by atoms with Crippen molar-refractivity contribution in [3.8, 4) is 5.75 Å². The van der Waals surface area contributed by atoms with Gasteiger partial charge in [0, 0.05) is 23.7 Å². The number of hydrogen-bond acceptors (Lipinski definition) is 3. The summed E-state index contributed by atoms with van der Waals surface area (Å²) in [4.78, 5) is 13.9. The first-order chi connectivity index (χ1) is 9.11. The maximum Gasteiger partial charge on any atom is 0.159 e. The smallest absolute Gasteiger partial charge is 0.159 e. The average molecular weight is 261 g/mol. The molecule has 2 rings (SSSR count). The lowest BCUT2D eigenvalue weighted by Crippen LogP contribution is -2.26. The highest BCUT2D eigenvalue weighted by Gasteiger charge is 2.28. The van der Waals surface area contributed by atoms with Gasteiger partial charge in [-0.1, -0.05) is 13.3 Å². The van der Waals surface area contributed by atoms with Gasteiger partial charge in [0.15, 0.2) is 5.78 Å². The van der Waals surface area contributed by atoms with Gasteiger partial charge in [0.05, 0.1) is 0 Å². The van der Waals surface area contributed by atoms with E-state index < -0.39 is 0 Å². The Labute approximate surface area is 115 Å². The van der Waals surface area contributed by atoms with Crippen LogP contribution in [-0.2, 0) is 6.54 Å². The van der Waals surface area contributed by atoms with Crippen molar-refractivity contribution in [3.05, 3.63) is 29.3 Å². The Balaban J connectivity index is 2.11. The zero-order chi connectivity index (χ0) is 13.8. The first kappa shape index (κ1) is 14.1. The number of hydrogen-bond donors (Lipinski definition) is 1. The number of nitrogens with zero attached hydrogens (tertiary/aromatic N) is 1. The molecule has 0 atom stereocenters. The summed E-state index contributed by atoms with van der Waals surface area (Å²) in [6.45, 7) is 5.58. The van der Waals surface area contributed by atoms with Crippen LogP contribution < -0.4 is 0 Å². The van der Waals surface area contributed by atoms with Crippen molar-refractivity contribution in [2.75, 3.05) is 6.54 Å². The first-order valence-electron chi connectivity index (χ1n) is 7.18. The molecule has 0 aromatic heterocycles. The molecular weight excluding hydrogens is 238 g/mol. The zero-order valence-corrected chi connectivity index (χ0v) is 11.9. The SMILES string of the molecule is CCCCN(Cc1cc(C(C)=O)ccc1O)C1CC1. The maximum atomic E-state index is 11.4. The van der Waals surface area contributed by atoms with Crippen LogP contribution in [0, 0.1) is 0 Å². The van der Waals surface area contributed by atoms with Crippen LogP contribution >= 0.6 is 0 Å². The Morgan fingerprint density at radius 3 is 2.74 bits per heavy atom. The van der Waals surface area contributed by atoms with Gasteiger partial charge in [-0.3, -0.25) is 9.69 Å². The summed E-state index contributed by atoms with van der Waals surface area (Å²) < 4.78 is 0. The molecule has 1 fully saturated rings. The quantitative estimate of drug-likeness (QED) is 0.765. The highest BCUT2D eigenvalue weighted by atomic mass is 16.3. The topological polar surface area (TPSA) is 40.5 Å². The van der Waals surface area contributed by atoms with Gasteiger partial charge in [-0.25, -0.2) is 0 Å². The third-order valence-electron chi connectivity index (χ3n) is 3.72. The van der Waals surface area contributed by atoms with Gasteiger partial charge in [0.1, 0.15) is 5.75 Å². The Hall–Kier alpha value is -1.35. The minimum atomic E-state index is 0.0489. The summed E-state index contributed by atoms with van der Waals surface area (Å²) in [7, 11) is 0. The fourth-order valence-electron chi connectivity index (χ4n) is 2.34. The summed E-state index contributed by atoms with van der Waals surface area (Å²) in [6.07, 6.45) is 4.89. The van der Waals surface area contributed by atoms with E-state index in [0.29, 0.717) is 17.4 Å². The second kappa shape index (κ2) is 6.20. The van der Waals surface area contributed by atoms with Crippen LogP contribution in [0.4, 0.5) is 0 Å². The van der Waals surface area contributed by atoms with Gasteiger partial charge in [0.2, 0.25) is 0 Å². The molecule has 0 aliphatic heterocycles. The second-order valence-corrected chi connectivity index (χ2v) is 5.45. The van der Waals surface area contributed by atoms with Crippen molar-refractivity contribution < 1.29 is 9.90 Å². The molecule has 0 bridgehead atoms. The predicted octanol–water partition coefficient (Wildman–Crippen LogP) is 3.36. The van der Waals surface area contributed by atoms with Gasteiger partial charge in [0.25, 0.3) is 0 Å². The van der Waals surface area contributed by atoms with Crippen molar-refractivity contribution in [1.29, 1.82) is 0 Å². The van der Waals surface area contributed by atoms with Crippen molar-refractivity contribution in [1.82, 2.24) is 4.90 Å². The van der Waals surface area contributed by atoms with E-state index in [0.717, 1.165) is 18.7 Å². The second-order valence-electron chi connectivity index (χ2n) is 5.45. The highest BCUT2D eigenvalue weighted by Crippen LogP contribution is 2.30. The summed E-state index contributed by atoms with van der Waals surface area (Å²) in [5.41, 5.74) is 1.55. The molecule has 3 nitrogen and oxygen atoms in total. The van der Waals surface area contributed by atoms with E-state index in [1.54, 1.807) is 19.1 Å². The fraction of sp³-hybridized carbons (Fsp3) is 0.562. The molecule has 104 valence electrons. The number of carbonyl (C=O) groups excluding carboxylic acids is 1. The van der Waals surface area contributed by atoms with Crippen LogP contribution in [0.3, 0.4) is 0 Å². The Morgan fingerprint density at radius 1 is 1.42 bits per heavy atom. The molecule has 3 heteroatoms. The first-order valence-corrected chi connectivity index (χ1v) is 7.18. The van der Waals surface area contributed by atoms with E-state index >= 15 is 0 Å². The van der Waals surface area contributed by atoms with Crippen molar-refractivity contribution in [3.63, 3.8) is 0 Å². The highest BCUT2D eigenvalue weighted by molar-refractivity contribution is 5.94. The molecule has 0 unspecified atom stereocenters. The number of aromatic hydroxyl groups is 1. The summed E-state index contributed by atoms with van der Waals surface area (Å²) >= 11 is 0. The van der Waals surface area contributed by atoms with E-state index in [1.165, 1.54) is 25.7 Å². The number of ketones is 1. The van der Waals surface area contributed by atoms with E-state index in [9.17, 15) is 9.90 Å². The molecular formula is C16H23NO2. The molecule has 0 radical (unpaired) electrons. The summed E-state index contributed by atoms with van der Waals surface area (Å²) in [6, 6.07) is 5.83. The molecule has 1 aliphatic rings. The van der Waals surface area contributed by atoms with Crippen LogP contribution in [0.1, 0.15) is 55.5 Å². The lowest BCUT2D eigenvalue weighted by molar-refractivity contribution is 0.101. The number of carbonyl (C=O) groups is 1. The number of benzene rings is 1. The molecule has 0 heterocycles. The summed E-state index contributed by atoms with van der Waals surface area (Å²) in [5, 5.41) is 9.96. The zero-order valence-electron chi connectivity index (χ0n) is 11.9. The average Bonchev–Trinajstić information content (AvgIpc) is 3.20. The number of phenolic OH excluding ortho intramolecular Hbond substituents is 1. The van der Waals surface area contributed by atoms with Gasteiger partial charge in [-0.15, -0.1) is 0 Å². The predicted molar refractivity (Wildman–Crippen MR) is 76.5 cm³/mol. The minimum Gasteiger partial charge on any atom is -0.508 e. The van der Waals surface area contributed by atoms with Crippen molar-refractivity contribution >= 4 is 5.78 Å². The monoisotopic (exact) mass is 261 g/mol. The van der Waals surface area contributed by atoms with Gasteiger partial charge < -0.3 is 5.11 Å². The Morgan fingerprint density at radius 2 is 2.16 bits per heavy atom. The van der Waals surface area contributed by atoms with Gasteiger partial charge >= 0.3 is 0 Å². The lowest BCUT2D eigenvalue weighted by atomic mass is 10.1. The number of Topliss-reactive ketones (excluding diaryl/α,β-unsaturated/α-hetero) is 1. The molecule has 0 saturated heterocycles. The molecule has 1 aliphatic carbocycles. The number of phenols is 1. The van der Waals surface area contributed by atoms with Crippen molar-refractivity contribution in [2.45, 2.75) is 52.1 Å². The van der Waals surface area contributed by atoms with Crippen LogP contribution in [0.2, 0.25) is 0 Å². The van der Waals surface area contributed by atoms with Crippen LogP contribution in [-0.4, -0.2) is 28.4 Å². The molecule has 1 aromatic rings. The molecule has 0 amide bonds. The fourth-order valence-corrected chi connectivity index (χ4v) is 2.34. The van der Waals surface area contributed by atoms with Crippen LogP contribution in [0.5, 0.6) is 5.75 Å². The Bertz CT molecular complexity index is 452. The normalized spacial score (nSPS) is 14.9. The third-order valence-corrected chi connectivity index (χ3v) is 3.72. The van der Waals surface area contributed by atoms with Gasteiger partial charge in [-0.2, -0.15) is 0 Å². The molecule has 0 spiro atoms. The maximum absolute atomic E-state index is 11.4. The molecule has 1 N–H and O–H groups in total. The van der Waals surface area contributed by atoms with Crippen LogP contribution in [0.25, 0.3) is 0 Å². The molecule has 19 heavy (non-hydrogen) atoms.